The van der Waals surface area contributed by atoms with E-state index in [0.29, 0.717) is 28.3 Å². The van der Waals surface area contributed by atoms with Crippen LogP contribution in [-0.4, -0.2) is 41.8 Å². The lowest BCUT2D eigenvalue weighted by atomic mass is 10.1. The van der Waals surface area contributed by atoms with Gasteiger partial charge >= 0.3 is 5.97 Å². The molecule has 0 saturated heterocycles. The van der Waals surface area contributed by atoms with Crippen LogP contribution in [0.5, 0.6) is 5.75 Å². The first-order valence-electron chi connectivity index (χ1n) is 16.1. The van der Waals surface area contributed by atoms with Gasteiger partial charge in [0, 0.05) is 34.0 Å². The second-order valence-electron chi connectivity index (χ2n) is 11.6. The molecule has 0 bridgehead atoms. The molecule has 6 rings (SSSR count). The van der Waals surface area contributed by atoms with Gasteiger partial charge in [-0.05, 0) is 97.6 Å². The highest BCUT2D eigenvalue weighted by atomic mass is 32.4. The van der Waals surface area contributed by atoms with Crippen LogP contribution in [0.3, 0.4) is 0 Å². The minimum absolute atomic E-state index is 0.0686. The molecule has 5 aromatic rings. The average molecular weight is 722 g/mol. The number of carbonyl (C=O) groups is 2. The largest absolute Gasteiger partial charge is 0.461 e. The lowest BCUT2D eigenvalue weighted by Crippen LogP contribution is -2.36. The molecule has 1 fully saturated rings. The summed E-state index contributed by atoms with van der Waals surface area (Å²) in [5.74, 6) is -0.0583. The topological polar surface area (TPSA) is 125 Å². The second kappa shape index (κ2) is 15.8. The molecular formula is C38H36N5O4PS2. The van der Waals surface area contributed by atoms with E-state index in [-0.39, 0.29) is 17.7 Å². The van der Waals surface area contributed by atoms with Crippen LogP contribution in [0.15, 0.2) is 125 Å². The maximum atomic E-state index is 13.1. The van der Waals surface area contributed by atoms with E-state index >= 15 is 0 Å². The fourth-order valence-corrected chi connectivity index (χ4v) is 8.78. The second-order valence-corrected chi connectivity index (χ2v) is 16.0. The average Bonchev–Trinajstić information content (AvgIpc) is 3.95. The third kappa shape index (κ3) is 8.86. The van der Waals surface area contributed by atoms with Crippen molar-refractivity contribution in [3.63, 3.8) is 0 Å². The Kier molecular flexibility index (Phi) is 11.1. The van der Waals surface area contributed by atoms with Gasteiger partial charge in [0.2, 0.25) is 0 Å². The van der Waals surface area contributed by atoms with E-state index < -0.39 is 18.6 Å². The van der Waals surface area contributed by atoms with Gasteiger partial charge in [-0.25, -0.2) is 5.09 Å². The normalized spacial score (nSPS) is 14.4. The van der Waals surface area contributed by atoms with Crippen molar-refractivity contribution >= 4 is 70.3 Å². The van der Waals surface area contributed by atoms with E-state index in [1.54, 1.807) is 38.4 Å². The Hall–Kier alpha value is -4.80. The zero-order valence-corrected chi connectivity index (χ0v) is 30.0. The highest BCUT2D eigenvalue weighted by Crippen LogP contribution is 2.48. The maximum Gasteiger partial charge on any atom is 0.323 e. The van der Waals surface area contributed by atoms with Gasteiger partial charge < -0.3 is 25.1 Å². The SMILES string of the molecule is CNC(=O)c1ccccc1Sc1ccc(C(=N)/C=C/c2ccccn2)c(NP(=S)(NC(C)C(=O)OC2CC2)Oc2cccc3ccccc23)c1. The summed E-state index contributed by atoms with van der Waals surface area (Å²) in [5.41, 5.74) is 2.51. The van der Waals surface area contributed by atoms with Crippen LogP contribution in [0.2, 0.25) is 0 Å². The number of esters is 1. The first-order chi connectivity index (χ1) is 24.2. The number of nitrogens with one attached hydrogen (secondary N) is 4. The van der Waals surface area contributed by atoms with Crippen LogP contribution in [0.25, 0.3) is 16.8 Å². The summed E-state index contributed by atoms with van der Waals surface area (Å²) in [6.07, 6.45) is 6.77. The number of pyridine rings is 1. The van der Waals surface area contributed by atoms with Crippen molar-refractivity contribution in [1.29, 1.82) is 5.41 Å². The Bertz CT molecular complexity index is 2120. The van der Waals surface area contributed by atoms with Gasteiger partial charge in [0.15, 0.2) is 0 Å². The Morgan fingerprint density at radius 3 is 2.52 bits per heavy atom. The van der Waals surface area contributed by atoms with E-state index in [0.717, 1.165) is 33.4 Å². The fraction of sp³-hybridized carbons (Fsp3) is 0.158. The first-order valence-corrected chi connectivity index (χ1v) is 19.6. The zero-order valence-electron chi connectivity index (χ0n) is 27.5. The molecular weight excluding hydrogens is 686 g/mol. The Balaban J connectivity index is 1.40. The van der Waals surface area contributed by atoms with E-state index in [2.05, 4.69) is 20.5 Å². The number of anilines is 1. The van der Waals surface area contributed by atoms with Crippen molar-refractivity contribution in [2.45, 2.75) is 41.7 Å². The van der Waals surface area contributed by atoms with Crippen LogP contribution in [0.1, 0.15) is 41.4 Å². The molecule has 1 aliphatic carbocycles. The van der Waals surface area contributed by atoms with E-state index in [9.17, 15) is 9.59 Å². The van der Waals surface area contributed by atoms with Gasteiger partial charge in [0.1, 0.15) is 17.9 Å². The lowest BCUT2D eigenvalue weighted by molar-refractivity contribution is -0.146. The summed E-state index contributed by atoms with van der Waals surface area (Å²) >= 11 is 7.70. The number of ether oxygens (including phenoxy) is 1. The molecule has 50 heavy (non-hydrogen) atoms. The molecule has 2 atom stereocenters. The van der Waals surface area contributed by atoms with E-state index in [4.69, 9.17) is 26.5 Å². The number of hydrogen-bond acceptors (Lipinski definition) is 8. The molecule has 4 aromatic carbocycles. The van der Waals surface area contributed by atoms with E-state index in [1.807, 2.05) is 97.1 Å². The zero-order chi connectivity index (χ0) is 35.1. The molecule has 1 saturated carbocycles. The molecule has 254 valence electrons. The van der Waals surface area contributed by atoms with Crippen LogP contribution in [-0.2, 0) is 21.3 Å². The third-order valence-corrected chi connectivity index (χ3v) is 11.3. The molecule has 1 aliphatic rings. The van der Waals surface area contributed by atoms with Crippen LogP contribution >= 0.6 is 18.3 Å². The molecule has 1 aromatic heterocycles. The van der Waals surface area contributed by atoms with Crippen LogP contribution in [0.4, 0.5) is 5.69 Å². The van der Waals surface area contributed by atoms with Crippen molar-refractivity contribution in [3.8, 4) is 5.75 Å². The number of hydrogen-bond donors (Lipinski definition) is 4. The quantitative estimate of drug-likeness (QED) is 0.0510. The summed E-state index contributed by atoms with van der Waals surface area (Å²) in [6.45, 7) is -1.64. The number of amides is 1. The van der Waals surface area contributed by atoms with Gasteiger partial charge in [-0.3, -0.25) is 14.6 Å². The highest BCUT2D eigenvalue weighted by Gasteiger charge is 2.32. The minimum Gasteiger partial charge on any atom is -0.461 e. The standard InChI is InChI=1S/C38H36N5O4PS2/c1-25(38(45)46-28-18-19-28)42-48(49,47-35-15-9-11-26-10-3-4-13-30(26)35)43-34-24-29(50-36-16-6-5-14-32(36)37(44)40-2)20-21-31(34)33(39)22-17-27-12-7-8-23-41-27/h3-17,20-25,28,39H,18-19H2,1-2H3,(H,40,44)(H2,42,43,49)/b22-17+,39-33?. The Morgan fingerprint density at radius 2 is 1.74 bits per heavy atom. The van der Waals surface area contributed by atoms with Gasteiger partial charge in [0.05, 0.1) is 22.7 Å². The summed E-state index contributed by atoms with van der Waals surface area (Å²) in [6, 6.07) is 31.3. The van der Waals surface area contributed by atoms with Crippen molar-refractivity contribution in [2.24, 2.45) is 0 Å². The molecule has 1 amide bonds. The first kappa shape index (κ1) is 35.0. The molecule has 4 N–H and O–H groups in total. The molecule has 9 nitrogen and oxygen atoms in total. The predicted molar refractivity (Wildman–Crippen MR) is 205 cm³/mol. The van der Waals surface area contributed by atoms with Crippen molar-refractivity contribution in [3.05, 3.63) is 132 Å². The predicted octanol–water partition coefficient (Wildman–Crippen LogP) is 8.23. The molecule has 0 radical (unpaired) electrons. The van der Waals surface area contributed by atoms with Crippen molar-refractivity contribution in [1.82, 2.24) is 15.4 Å². The van der Waals surface area contributed by atoms with E-state index in [1.165, 1.54) is 11.8 Å². The smallest absolute Gasteiger partial charge is 0.323 e. The van der Waals surface area contributed by atoms with Crippen LogP contribution < -0.4 is 20.0 Å². The molecule has 2 unspecified atom stereocenters. The van der Waals surface area contributed by atoms with Crippen LogP contribution in [0, 0.1) is 5.41 Å². The Morgan fingerprint density at radius 1 is 0.980 bits per heavy atom. The number of allylic oxidation sites excluding steroid dienone is 1. The number of carbonyl (C=O) groups excluding carboxylic acids is 2. The molecule has 0 aliphatic heterocycles. The molecule has 12 heteroatoms. The monoisotopic (exact) mass is 721 g/mol. The van der Waals surface area contributed by atoms with Crippen molar-refractivity contribution < 1.29 is 18.8 Å². The van der Waals surface area contributed by atoms with Gasteiger partial charge in [-0.15, -0.1) is 0 Å². The lowest BCUT2D eigenvalue weighted by Gasteiger charge is -2.29. The summed E-state index contributed by atoms with van der Waals surface area (Å²) in [7, 11) is 1.60. The Labute approximate surface area is 300 Å². The fourth-order valence-electron chi connectivity index (χ4n) is 5.07. The number of aromatic nitrogens is 1. The van der Waals surface area contributed by atoms with Gasteiger partial charge in [0.25, 0.3) is 12.5 Å². The molecule has 1 heterocycles. The van der Waals surface area contributed by atoms with Gasteiger partial charge in [-0.2, -0.15) is 0 Å². The summed E-state index contributed by atoms with van der Waals surface area (Å²) in [4.78, 5) is 31.6. The number of fused-ring (bicyclic) bond motifs is 1. The summed E-state index contributed by atoms with van der Waals surface area (Å²) < 4.78 is 12.3. The highest BCUT2D eigenvalue weighted by molar-refractivity contribution is 8.12. The number of rotatable bonds is 14. The number of benzene rings is 4. The third-order valence-electron chi connectivity index (χ3n) is 7.74. The summed E-state index contributed by atoms with van der Waals surface area (Å²) in [5, 5.41) is 20.3. The van der Waals surface area contributed by atoms with Crippen molar-refractivity contribution in [2.75, 3.05) is 12.1 Å². The molecule has 0 spiro atoms. The minimum atomic E-state index is -3.35. The van der Waals surface area contributed by atoms with Gasteiger partial charge in [-0.1, -0.05) is 66.4 Å². The number of nitrogens with zero attached hydrogens (tertiary/aromatic N) is 1. The maximum absolute atomic E-state index is 13.1.